The highest BCUT2D eigenvalue weighted by Crippen LogP contribution is 2.30. The summed E-state index contributed by atoms with van der Waals surface area (Å²) in [6.07, 6.45) is 0. The summed E-state index contributed by atoms with van der Waals surface area (Å²) in [5.41, 5.74) is 2.46. The van der Waals surface area contributed by atoms with E-state index in [1.54, 1.807) is 36.1 Å². The molecule has 0 aliphatic carbocycles. The molecule has 3 N–H and O–H groups in total. The molecule has 0 spiro atoms. The van der Waals surface area contributed by atoms with Gasteiger partial charge in [-0.2, -0.15) is 0 Å². The predicted octanol–water partition coefficient (Wildman–Crippen LogP) is 1.43. The molecule has 5 nitrogen and oxygen atoms in total. The van der Waals surface area contributed by atoms with E-state index in [0.717, 1.165) is 43.9 Å². The molecule has 152 valence electrons. The molecule has 0 bridgehead atoms. The van der Waals surface area contributed by atoms with Gasteiger partial charge in [0.2, 0.25) is 5.43 Å². The number of piperazine rings is 1. The van der Waals surface area contributed by atoms with Crippen molar-refractivity contribution in [2.45, 2.75) is 20.4 Å². The van der Waals surface area contributed by atoms with E-state index < -0.39 is 0 Å². The van der Waals surface area contributed by atoms with Gasteiger partial charge >= 0.3 is 0 Å². The number of phenols is 1. The zero-order chi connectivity index (χ0) is 20.5. The number of hydrogen-bond acceptors (Lipinski definition) is 3. The SMILES string of the molecule is CC[NH+]1CC[NH+](Cc2c(O)ccc3c(=O)c(-c4ccc(Cl)cc4)c(C)oc23)CC1. The van der Waals surface area contributed by atoms with Crippen molar-refractivity contribution in [1.29, 1.82) is 0 Å². The van der Waals surface area contributed by atoms with E-state index in [1.165, 1.54) is 4.90 Å². The Bertz CT molecular complexity index is 1080. The lowest BCUT2D eigenvalue weighted by atomic mass is 10.0. The number of benzene rings is 2. The molecule has 4 rings (SSSR count). The van der Waals surface area contributed by atoms with Gasteiger partial charge in [-0.25, -0.2) is 0 Å². The molecule has 0 unspecified atom stereocenters. The summed E-state index contributed by atoms with van der Waals surface area (Å²) in [6.45, 7) is 10.2. The van der Waals surface area contributed by atoms with Crippen LogP contribution in [0.5, 0.6) is 5.75 Å². The molecule has 0 amide bonds. The van der Waals surface area contributed by atoms with E-state index >= 15 is 0 Å². The Morgan fingerprint density at radius 2 is 1.69 bits per heavy atom. The lowest BCUT2D eigenvalue weighted by Gasteiger charge is -2.29. The van der Waals surface area contributed by atoms with Crippen molar-refractivity contribution in [3.63, 3.8) is 0 Å². The van der Waals surface area contributed by atoms with E-state index in [2.05, 4.69) is 6.92 Å². The second kappa shape index (κ2) is 8.19. The first kappa shape index (κ1) is 20.0. The number of rotatable bonds is 4. The van der Waals surface area contributed by atoms with Crippen LogP contribution in [0.25, 0.3) is 22.1 Å². The fraction of sp³-hybridized carbons (Fsp3) is 0.348. The molecule has 0 saturated carbocycles. The number of likely N-dealkylation sites (N-methyl/N-ethyl adjacent to an activating group) is 1. The van der Waals surface area contributed by atoms with Gasteiger partial charge in [-0.15, -0.1) is 0 Å². The van der Waals surface area contributed by atoms with Crippen molar-refractivity contribution in [1.82, 2.24) is 0 Å². The van der Waals surface area contributed by atoms with Gasteiger partial charge in [0.15, 0.2) is 5.58 Å². The normalized spacial score (nSPS) is 19.6. The predicted molar refractivity (Wildman–Crippen MR) is 115 cm³/mol. The van der Waals surface area contributed by atoms with Crippen molar-refractivity contribution in [3.05, 3.63) is 63.0 Å². The standard InChI is InChI=1S/C23H25ClN2O3/c1-3-25-10-12-26(13-11-25)14-19-20(27)9-8-18-22(28)21(15(2)29-23(18)19)16-4-6-17(24)7-5-16/h4-9,27H,3,10-14H2,1-2H3/p+2. The second-order valence-electron chi connectivity index (χ2n) is 7.84. The molecular weight excluding hydrogens is 388 g/mol. The third kappa shape index (κ3) is 3.90. The van der Waals surface area contributed by atoms with E-state index in [1.807, 2.05) is 12.1 Å². The van der Waals surface area contributed by atoms with E-state index in [9.17, 15) is 9.90 Å². The molecule has 2 heterocycles. The molecule has 0 radical (unpaired) electrons. The van der Waals surface area contributed by atoms with Crippen LogP contribution in [0.3, 0.4) is 0 Å². The number of aromatic hydroxyl groups is 1. The third-order valence-electron chi connectivity index (χ3n) is 6.04. The number of quaternary nitrogens is 2. The monoisotopic (exact) mass is 414 g/mol. The summed E-state index contributed by atoms with van der Waals surface area (Å²) in [6, 6.07) is 10.5. The first-order valence-corrected chi connectivity index (χ1v) is 10.6. The lowest BCUT2D eigenvalue weighted by Crippen LogP contribution is -3.27. The van der Waals surface area contributed by atoms with E-state index in [0.29, 0.717) is 33.9 Å². The van der Waals surface area contributed by atoms with Crippen LogP contribution in [-0.2, 0) is 6.54 Å². The second-order valence-corrected chi connectivity index (χ2v) is 8.28. The Hall–Kier alpha value is -2.34. The largest absolute Gasteiger partial charge is 0.507 e. The van der Waals surface area contributed by atoms with Crippen LogP contribution < -0.4 is 15.2 Å². The van der Waals surface area contributed by atoms with Gasteiger partial charge in [0.05, 0.1) is 23.1 Å². The fourth-order valence-electron chi connectivity index (χ4n) is 4.27. The summed E-state index contributed by atoms with van der Waals surface area (Å²) < 4.78 is 6.14. The number of fused-ring (bicyclic) bond motifs is 1. The molecule has 2 aromatic carbocycles. The van der Waals surface area contributed by atoms with E-state index in [4.69, 9.17) is 16.0 Å². The van der Waals surface area contributed by atoms with E-state index in [-0.39, 0.29) is 11.2 Å². The van der Waals surface area contributed by atoms with Gasteiger partial charge in [-0.3, -0.25) is 4.79 Å². The summed E-state index contributed by atoms with van der Waals surface area (Å²) in [5, 5.41) is 11.7. The first-order valence-electron chi connectivity index (χ1n) is 10.2. The molecule has 0 atom stereocenters. The smallest absolute Gasteiger partial charge is 0.200 e. The highest BCUT2D eigenvalue weighted by molar-refractivity contribution is 6.30. The molecule has 1 saturated heterocycles. The minimum Gasteiger partial charge on any atom is -0.507 e. The van der Waals surface area contributed by atoms with Gasteiger partial charge < -0.3 is 19.3 Å². The Labute approximate surface area is 175 Å². The molecule has 29 heavy (non-hydrogen) atoms. The number of hydrogen-bond donors (Lipinski definition) is 3. The molecular formula is C23H27ClN2O3+2. The van der Waals surface area contributed by atoms with Crippen LogP contribution in [0.4, 0.5) is 0 Å². The topological polar surface area (TPSA) is 59.3 Å². The number of phenolic OH excluding ortho intramolecular Hbond substituents is 1. The fourth-order valence-corrected chi connectivity index (χ4v) is 4.40. The zero-order valence-corrected chi connectivity index (χ0v) is 17.6. The van der Waals surface area contributed by atoms with Gasteiger partial charge in [0.1, 0.15) is 44.2 Å². The Morgan fingerprint density at radius 3 is 2.34 bits per heavy atom. The van der Waals surface area contributed by atoms with Crippen LogP contribution in [0.1, 0.15) is 18.2 Å². The highest BCUT2D eigenvalue weighted by atomic mass is 35.5. The summed E-state index contributed by atoms with van der Waals surface area (Å²) in [7, 11) is 0. The maximum absolute atomic E-state index is 13.3. The quantitative estimate of drug-likeness (QED) is 0.605. The molecule has 1 fully saturated rings. The third-order valence-corrected chi connectivity index (χ3v) is 6.29. The van der Waals surface area contributed by atoms with Crippen molar-refractivity contribution in [3.8, 4) is 16.9 Å². The number of nitrogens with one attached hydrogen (secondary N) is 2. The minimum atomic E-state index is -0.0810. The van der Waals surface area contributed by atoms with Crippen molar-refractivity contribution >= 4 is 22.6 Å². The summed E-state index contributed by atoms with van der Waals surface area (Å²) >= 11 is 5.99. The van der Waals surface area contributed by atoms with Crippen LogP contribution in [0.2, 0.25) is 5.02 Å². The Morgan fingerprint density at radius 1 is 1.03 bits per heavy atom. The number of aryl methyl sites for hydroxylation is 1. The minimum absolute atomic E-state index is 0.0810. The highest BCUT2D eigenvalue weighted by Gasteiger charge is 2.25. The Kier molecular flexibility index (Phi) is 5.63. The molecule has 1 aliphatic heterocycles. The summed E-state index contributed by atoms with van der Waals surface area (Å²) in [4.78, 5) is 16.3. The van der Waals surface area contributed by atoms with Crippen molar-refractivity contribution in [2.75, 3.05) is 32.7 Å². The molecule has 3 aromatic rings. The van der Waals surface area contributed by atoms with Crippen LogP contribution in [-0.4, -0.2) is 37.8 Å². The maximum Gasteiger partial charge on any atom is 0.200 e. The average molecular weight is 415 g/mol. The maximum atomic E-state index is 13.3. The van der Waals surface area contributed by atoms with Crippen molar-refractivity contribution < 1.29 is 19.3 Å². The molecule has 1 aliphatic rings. The average Bonchev–Trinajstić information content (AvgIpc) is 2.72. The van der Waals surface area contributed by atoms with Gasteiger partial charge in [0, 0.05) is 5.02 Å². The zero-order valence-electron chi connectivity index (χ0n) is 16.8. The van der Waals surface area contributed by atoms with Gasteiger partial charge in [-0.05, 0) is 43.7 Å². The number of halogens is 1. The summed E-state index contributed by atoms with van der Waals surface area (Å²) in [5.74, 6) is 0.740. The van der Waals surface area contributed by atoms with Crippen LogP contribution in [0, 0.1) is 6.92 Å². The molecule has 6 heteroatoms. The lowest BCUT2D eigenvalue weighted by molar-refractivity contribution is -1.02. The van der Waals surface area contributed by atoms with Crippen molar-refractivity contribution in [2.24, 2.45) is 0 Å². The molecule has 1 aromatic heterocycles. The van der Waals surface area contributed by atoms with Crippen LogP contribution >= 0.6 is 11.6 Å². The van der Waals surface area contributed by atoms with Gasteiger partial charge in [-0.1, -0.05) is 23.7 Å². The first-order chi connectivity index (χ1) is 14.0. The van der Waals surface area contributed by atoms with Crippen LogP contribution in [0.15, 0.2) is 45.6 Å². The van der Waals surface area contributed by atoms with Gasteiger partial charge in [0.25, 0.3) is 0 Å². The Balaban J connectivity index is 1.76.